The molecule has 0 aliphatic carbocycles. The summed E-state index contributed by atoms with van der Waals surface area (Å²) in [6, 6.07) is 9.33. The van der Waals surface area contributed by atoms with E-state index in [1.165, 1.54) is 11.8 Å². The molecule has 3 fully saturated rings. The zero-order valence-corrected chi connectivity index (χ0v) is 25.3. The van der Waals surface area contributed by atoms with E-state index in [2.05, 4.69) is 37.4 Å². The van der Waals surface area contributed by atoms with Gasteiger partial charge >= 0.3 is 6.03 Å². The van der Waals surface area contributed by atoms with Crippen LogP contribution in [0.4, 0.5) is 27.9 Å². The van der Waals surface area contributed by atoms with Gasteiger partial charge in [-0.25, -0.2) is 19.7 Å². The van der Waals surface area contributed by atoms with Gasteiger partial charge in [0, 0.05) is 60.8 Å². The SMILES string of the molecule is C[C@@H]1OCC2(CCN(c3cnc(Sc4ccnc(N)c4Cl)c(N)n3)CC2)[C@@H]1NCc1ccccc1N1CCC(=O)NC1=O. The minimum absolute atomic E-state index is 0.0351. The Labute approximate surface area is 258 Å². The van der Waals surface area contributed by atoms with Crippen molar-refractivity contribution in [1.82, 2.24) is 25.6 Å². The Morgan fingerprint density at radius 2 is 1.93 bits per heavy atom. The van der Waals surface area contributed by atoms with Gasteiger partial charge in [0.1, 0.15) is 16.7 Å². The maximum absolute atomic E-state index is 12.5. The Kier molecular flexibility index (Phi) is 8.32. The second-order valence-electron chi connectivity index (χ2n) is 11.1. The van der Waals surface area contributed by atoms with Crippen molar-refractivity contribution in [3.8, 4) is 0 Å². The number of urea groups is 1. The summed E-state index contributed by atoms with van der Waals surface area (Å²) in [7, 11) is 0. The van der Waals surface area contributed by atoms with Crippen molar-refractivity contribution < 1.29 is 14.3 Å². The second-order valence-corrected chi connectivity index (χ2v) is 12.5. The van der Waals surface area contributed by atoms with Gasteiger partial charge in [-0.15, -0.1) is 0 Å². The lowest BCUT2D eigenvalue weighted by Crippen LogP contribution is -2.53. The van der Waals surface area contributed by atoms with Crippen LogP contribution in [0.5, 0.6) is 0 Å². The van der Waals surface area contributed by atoms with Gasteiger partial charge in [0.25, 0.3) is 0 Å². The summed E-state index contributed by atoms with van der Waals surface area (Å²) in [5.41, 5.74) is 13.9. The lowest BCUT2D eigenvalue weighted by Gasteiger charge is -2.43. The summed E-state index contributed by atoms with van der Waals surface area (Å²) < 4.78 is 6.21. The highest BCUT2D eigenvalue weighted by Crippen LogP contribution is 2.43. The molecule has 1 aromatic carbocycles. The monoisotopic (exact) mass is 623 g/mol. The number of hydrogen-bond donors (Lipinski definition) is 4. The Bertz CT molecular complexity index is 1530. The smallest absolute Gasteiger partial charge is 0.328 e. The van der Waals surface area contributed by atoms with Crippen LogP contribution < -0.4 is 31.9 Å². The van der Waals surface area contributed by atoms with Crippen LogP contribution >= 0.6 is 23.4 Å². The highest BCUT2D eigenvalue weighted by atomic mass is 35.5. The van der Waals surface area contributed by atoms with E-state index >= 15 is 0 Å². The van der Waals surface area contributed by atoms with Gasteiger partial charge in [-0.2, -0.15) is 0 Å². The molecule has 3 aliphatic heterocycles. The third kappa shape index (κ3) is 5.94. The van der Waals surface area contributed by atoms with Crippen LogP contribution in [0.1, 0.15) is 31.7 Å². The predicted molar refractivity (Wildman–Crippen MR) is 166 cm³/mol. The number of carbonyl (C=O) groups excluding carboxylic acids is 2. The summed E-state index contributed by atoms with van der Waals surface area (Å²) in [6.07, 6.45) is 5.49. The quantitative estimate of drug-likeness (QED) is 0.305. The van der Waals surface area contributed by atoms with Gasteiger partial charge in [0.15, 0.2) is 5.82 Å². The lowest BCUT2D eigenvalue weighted by molar-refractivity contribution is -0.120. The first kappa shape index (κ1) is 29.4. The number of halogens is 1. The van der Waals surface area contributed by atoms with Crippen molar-refractivity contribution in [2.45, 2.75) is 54.8 Å². The number of carbonyl (C=O) groups is 2. The Morgan fingerprint density at radius 1 is 1.14 bits per heavy atom. The van der Waals surface area contributed by atoms with Crippen LogP contribution in [0, 0.1) is 5.41 Å². The fourth-order valence-corrected chi connectivity index (χ4v) is 7.19. The third-order valence-corrected chi connectivity index (χ3v) is 10.1. The number of para-hydroxylation sites is 1. The zero-order chi connectivity index (χ0) is 30.1. The number of nitrogens with zero attached hydrogens (tertiary/aromatic N) is 5. The molecule has 0 radical (unpaired) electrons. The standard InChI is InChI=1S/C29H34ClN9O3S/c1-17-24(34-14-18-4-2-3-5-19(18)39-11-7-22(40)37-28(39)41)29(16-42-17)8-12-38(13-9-29)21-15-35-27(26(32)36-21)43-20-6-10-33-25(31)23(20)30/h2-6,10,15,17,24,34H,7-9,11-14,16H2,1H3,(H2,31,33)(H2,32,36)(H,37,40,41)/t17-,24+/m0/s1. The van der Waals surface area contributed by atoms with E-state index < -0.39 is 0 Å². The molecule has 3 amide bonds. The number of imide groups is 1. The highest BCUT2D eigenvalue weighted by Gasteiger charge is 2.49. The summed E-state index contributed by atoms with van der Waals surface area (Å²) in [4.78, 5) is 42.0. The Hall–Kier alpha value is -3.65. The van der Waals surface area contributed by atoms with Gasteiger partial charge in [-0.3, -0.25) is 15.0 Å². The molecule has 3 aromatic rings. The molecule has 3 saturated heterocycles. The zero-order valence-electron chi connectivity index (χ0n) is 23.8. The van der Waals surface area contributed by atoms with E-state index in [0.29, 0.717) is 40.5 Å². The first-order chi connectivity index (χ1) is 20.7. The molecule has 5 heterocycles. The van der Waals surface area contributed by atoms with Gasteiger partial charge in [-0.05, 0) is 37.5 Å². The number of anilines is 4. The van der Waals surface area contributed by atoms with Gasteiger partial charge in [0.05, 0.1) is 23.9 Å². The minimum Gasteiger partial charge on any atom is -0.382 e. The van der Waals surface area contributed by atoms with E-state index in [1.54, 1.807) is 23.4 Å². The number of piperidine rings is 1. The molecule has 2 atom stereocenters. The van der Waals surface area contributed by atoms with E-state index in [-0.39, 0.29) is 41.7 Å². The third-order valence-electron chi connectivity index (χ3n) is 8.53. The number of nitrogens with one attached hydrogen (secondary N) is 2. The molecule has 43 heavy (non-hydrogen) atoms. The molecular weight excluding hydrogens is 590 g/mol. The fraction of sp³-hybridized carbons (Fsp3) is 0.414. The molecule has 6 rings (SSSR count). The van der Waals surface area contributed by atoms with E-state index in [9.17, 15) is 9.59 Å². The number of pyridine rings is 1. The molecule has 0 saturated carbocycles. The Morgan fingerprint density at radius 3 is 2.70 bits per heavy atom. The Balaban J connectivity index is 1.11. The van der Waals surface area contributed by atoms with Crippen LogP contribution in [-0.4, -0.2) is 65.3 Å². The fourth-order valence-electron chi connectivity index (χ4n) is 6.18. The van der Waals surface area contributed by atoms with Crippen molar-refractivity contribution in [1.29, 1.82) is 0 Å². The maximum Gasteiger partial charge on any atom is 0.328 e. The average Bonchev–Trinajstić information content (AvgIpc) is 3.30. The summed E-state index contributed by atoms with van der Waals surface area (Å²) in [5, 5.41) is 7.11. The highest BCUT2D eigenvalue weighted by molar-refractivity contribution is 7.99. The molecule has 6 N–H and O–H groups in total. The largest absolute Gasteiger partial charge is 0.382 e. The molecule has 12 nitrogen and oxygen atoms in total. The summed E-state index contributed by atoms with van der Waals surface area (Å²) in [5.74, 6) is 1.08. The molecular formula is C29H34ClN9O3S. The van der Waals surface area contributed by atoms with Crippen LogP contribution in [0.3, 0.4) is 0 Å². The van der Waals surface area contributed by atoms with E-state index in [4.69, 9.17) is 27.8 Å². The lowest BCUT2D eigenvalue weighted by atomic mass is 9.73. The topological polar surface area (TPSA) is 165 Å². The number of nitrogen functional groups attached to an aromatic ring is 2. The number of amides is 3. The van der Waals surface area contributed by atoms with Crippen LogP contribution in [0.25, 0.3) is 0 Å². The average molecular weight is 624 g/mol. The summed E-state index contributed by atoms with van der Waals surface area (Å²) >= 11 is 7.60. The van der Waals surface area contributed by atoms with Crippen molar-refractivity contribution in [3.05, 3.63) is 53.3 Å². The number of nitrogens with two attached hydrogens (primary N) is 2. The van der Waals surface area contributed by atoms with Crippen molar-refractivity contribution in [3.63, 3.8) is 0 Å². The number of hydrogen-bond acceptors (Lipinski definition) is 11. The van der Waals surface area contributed by atoms with E-state index in [0.717, 1.165) is 43.0 Å². The van der Waals surface area contributed by atoms with Crippen LogP contribution in [0.2, 0.25) is 5.02 Å². The maximum atomic E-state index is 12.5. The number of ether oxygens (including phenoxy) is 1. The summed E-state index contributed by atoms with van der Waals surface area (Å²) in [6.45, 7) is 5.31. The van der Waals surface area contributed by atoms with Gasteiger partial charge < -0.3 is 26.4 Å². The number of benzene rings is 1. The molecule has 226 valence electrons. The molecule has 3 aliphatic rings. The molecule has 1 spiro atoms. The minimum atomic E-state index is -0.383. The van der Waals surface area contributed by atoms with Crippen molar-refractivity contribution >= 4 is 58.4 Å². The molecule has 14 heteroatoms. The predicted octanol–water partition coefficient (Wildman–Crippen LogP) is 3.45. The van der Waals surface area contributed by atoms with Gasteiger partial charge in [-0.1, -0.05) is 41.6 Å². The van der Waals surface area contributed by atoms with Crippen molar-refractivity contribution in [2.75, 3.05) is 47.5 Å². The van der Waals surface area contributed by atoms with Crippen LogP contribution in [-0.2, 0) is 16.1 Å². The molecule has 0 bridgehead atoms. The first-order valence-electron chi connectivity index (χ1n) is 14.2. The normalized spacial score (nSPS) is 21.8. The number of rotatable bonds is 7. The second kappa shape index (κ2) is 12.2. The van der Waals surface area contributed by atoms with Gasteiger partial charge in [0.2, 0.25) is 5.91 Å². The first-order valence-corrected chi connectivity index (χ1v) is 15.4. The van der Waals surface area contributed by atoms with E-state index in [1.807, 2.05) is 24.3 Å². The molecule has 2 aromatic heterocycles. The molecule has 0 unspecified atom stereocenters. The number of aromatic nitrogens is 3. The van der Waals surface area contributed by atoms with Crippen LogP contribution in [0.15, 0.2) is 52.6 Å². The van der Waals surface area contributed by atoms with Crippen molar-refractivity contribution in [2.24, 2.45) is 5.41 Å².